The largest absolute Gasteiger partial charge is 0.397 e. The number of amides is 2. The smallest absolute Gasteiger partial charge is 0.323 e. The van der Waals surface area contributed by atoms with Crippen molar-refractivity contribution in [2.24, 2.45) is 0 Å². The Balaban J connectivity index is 2.10. The molecular formula is C13H11F2N3O. The predicted octanol–water partition coefficient (Wildman–Crippen LogP) is 3.19. The summed E-state index contributed by atoms with van der Waals surface area (Å²) in [6.07, 6.45) is 0. The first-order valence-corrected chi connectivity index (χ1v) is 5.44. The zero-order valence-corrected chi connectivity index (χ0v) is 9.78. The number of rotatable bonds is 2. The zero-order chi connectivity index (χ0) is 13.8. The Labute approximate surface area is 108 Å². The van der Waals surface area contributed by atoms with Crippen molar-refractivity contribution in [2.75, 3.05) is 16.4 Å². The van der Waals surface area contributed by atoms with E-state index in [1.165, 1.54) is 36.4 Å². The molecule has 6 heteroatoms. The van der Waals surface area contributed by atoms with Gasteiger partial charge in [-0.05, 0) is 30.3 Å². The monoisotopic (exact) mass is 263 g/mol. The Hall–Kier alpha value is -2.63. The molecule has 0 fully saturated rings. The summed E-state index contributed by atoms with van der Waals surface area (Å²) < 4.78 is 26.4. The van der Waals surface area contributed by atoms with Crippen LogP contribution < -0.4 is 16.4 Å². The Kier molecular flexibility index (Phi) is 3.61. The number of para-hydroxylation sites is 1. The van der Waals surface area contributed by atoms with Crippen LogP contribution in [-0.2, 0) is 0 Å². The summed E-state index contributed by atoms with van der Waals surface area (Å²) in [5, 5.41) is 4.65. The molecular weight excluding hydrogens is 252 g/mol. The Morgan fingerprint density at radius 1 is 1.05 bits per heavy atom. The van der Waals surface area contributed by atoms with E-state index in [2.05, 4.69) is 10.6 Å². The third-order valence-corrected chi connectivity index (χ3v) is 2.37. The lowest BCUT2D eigenvalue weighted by atomic mass is 10.2. The SMILES string of the molecule is Nc1cccc(F)c1NC(=O)Nc1cccc(F)c1. The Bertz CT molecular complexity index is 596. The van der Waals surface area contributed by atoms with Crippen molar-refractivity contribution in [3.63, 3.8) is 0 Å². The van der Waals surface area contributed by atoms with Crippen molar-refractivity contribution < 1.29 is 13.6 Å². The van der Waals surface area contributed by atoms with Crippen LogP contribution in [0.5, 0.6) is 0 Å². The van der Waals surface area contributed by atoms with Gasteiger partial charge in [-0.3, -0.25) is 0 Å². The number of carbonyl (C=O) groups is 1. The number of benzene rings is 2. The molecule has 0 aliphatic heterocycles. The maximum absolute atomic E-state index is 13.4. The van der Waals surface area contributed by atoms with E-state index >= 15 is 0 Å². The van der Waals surface area contributed by atoms with Crippen molar-refractivity contribution >= 4 is 23.1 Å². The molecule has 0 saturated heterocycles. The number of hydrogen-bond donors (Lipinski definition) is 3. The highest BCUT2D eigenvalue weighted by Gasteiger charge is 2.10. The molecule has 0 atom stereocenters. The number of halogens is 2. The van der Waals surface area contributed by atoms with Crippen LogP contribution in [-0.4, -0.2) is 6.03 Å². The maximum Gasteiger partial charge on any atom is 0.323 e. The van der Waals surface area contributed by atoms with E-state index in [1.54, 1.807) is 0 Å². The number of nitrogens with two attached hydrogens (primary N) is 1. The lowest BCUT2D eigenvalue weighted by Crippen LogP contribution is -2.21. The molecule has 4 nitrogen and oxygen atoms in total. The quantitative estimate of drug-likeness (QED) is 0.728. The molecule has 0 heterocycles. The van der Waals surface area contributed by atoms with E-state index in [4.69, 9.17) is 5.73 Å². The molecule has 98 valence electrons. The highest BCUT2D eigenvalue weighted by Crippen LogP contribution is 2.22. The Morgan fingerprint density at radius 2 is 1.79 bits per heavy atom. The topological polar surface area (TPSA) is 67.1 Å². The molecule has 2 rings (SSSR count). The minimum atomic E-state index is -0.706. The van der Waals surface area contributed by atoms with E-state index in [0.717, 1.165) is 6.07 Å². The second-order valence-corrected chi connectivity index (χ2v) is 3.79. The first kappa shape index (κ1) is 12.8. The summed E-state index contributed by atoms with van der Waals surface area (Å²) in [7, 11) is 0. The summed E-state index contributed by atoms with van der Waals surface area (Å²) in [5.74, 6) is -1.13. The van der Waals surface area contributed by atoms with Crippen molar-refractivity contribution in [3.8, 4) is 0 Å². The summed E-state index contributed by atoms with van der Waals surface area (Å²) in [6, 6.07) is 8.70. The van der Waals surface area contributed by atoms with Crippen molar-refractivity contribution in [1.82, 2.24) is 0 Å². The number of nitrogen functional groups attached to an aromatic ring is 1. The molecule has 2 amide bonds. The van der Waals surface area contributed by atoms with E-state index < -0.39 is 17.7 Å². The molecule has 0 aliphatic rings. The van der Waals surface area contributed by atoms with Crippen LogP contribution in [0.3, 0.4) is 0 Å². The van der Waals surface area contributed by atoms with E-state index in [0.29, 0.717) is 0 Å². The highest BCUT2D eigenvalue weighted by atomic mass is 19.1. The molecule has 0 aliphatic carbocycles. The van der Waals surface area contributed by atoms with E-state index in [9.17, 15) is 13.6 Å². The van der Waals surface area contributed by atoms with Crippen LogP contribution in [0.1, 0.15) is 0 Å². The van der Waals surface area contributed by atoms with Gasteiger partial charge in [0.25, 0.3) is 0 Å². The average Bonchev–Trinajstić information content (AvgIpc) is 2.34. The molecule has 2 aromatic carbocycles. The van der Waals surface area contributed by atoms with Crippen LogP contribution in [0.4, 0.5) is 30.6 Å². The molecule has 0 bridgehead atoms. The molecule has 0 saturated carbocycles. The lowest BCUT2D eigenvalue weighted by Gasteiger charge is -2.10. The van der Waals surface area contributed by atoms with Crippen molar-refractivity contribution in [2.45, 2.75) is 0 Å². The number of anilines is 3. The van der Waals surface area contributed by atoms with Crippen LogP contribution in [0.2, 0.25) is 0 Å². The van der Waals surface area contributed by atoms with Crippen LogP contribution in [0.15, 0.2) is 42.5 Å². The van der Waals surface area contributed by atoms with E-state index in [-0.39, 0.29) is 17.1 Å². The normalized spacial score (nSPS) is 10.0. The molecule has 0 aromatic heterocycles. The minimum absolute atomic E-state index is 0.106. The van der Waals surface area contributed by atoms with Crippen LogP contribution in [0.25, 0.3) is 0 Å². The van der Waals surface area contributed by atoms with Crippen LogP contribution in [0, 0.1) is 11.6 Å². The highest BCUT2D eigenvalue weighted by molar-refractivity contribution is 6.01. The molecule has 19 heavy (non-hydrogen) atoms. The summed E-state index contributed by atoms with van der Waals surface area (Å²) in [4.78, 5) is 11.6. The van der Waals surface area contributed by atoms with Gasteiger partial charge in [0.1, 0.15) is 17.3 Å². The summed E-state index contributed by atoms with van der Waals surface area (Å²) >= 11 is 0. The predicted molar refractivity (Wildman–Crippen MR) is 69.9 cm³/mol. The number of hydrogen-bond acceptors (Lipinski definition) is 2. The van der Waals surface area contributed by atoms with Gasteiger partial charge in [0.2, 0.25) is 0 Å². The van der Waals surface area contributed by atoms with Crippen LogP contribution >= 0.6 is 0 Å². The van der Waals surface area contributed by atoms with E-state index in [1.807, 2.05) is 0 Å². The number of urea groups is 1. The zero-order valence-electron chi connectivity index (χ0n) is 9.78. The third kappa shape index (κ3) is 3.19. The van der Waals surface area contributed by atoms with Gasteiger partial charge in [0.05, 0.1) is 5.69 Å². The molecule has 4 N–H and O–H groups in total. The van der Waals surface area contributed by atoms with Crippen molar-refractivity contribution in [1.29, 1.82) is 0 Å². The fourth-order valence-electron chi connectivity index (χ4n) is 1.51. The first-order chi connectivity index (χ1) is 9.06. The molecule has 2 aromatic rings. The fourth-order valence-corrected chi connectivity index (χ4v) is 1.51. The minimum Gasteiger partial charge on any atom is -0.397 e. The van der Waals surface area contributed by atoms with Gasteiger partial charge in [-0.15, -0.1) is 0 Å². The summed E-state index contributed by atoms with van der Waals surface area (Å²) in [6.45, 7) is 0. The summed E-state index contributed by atoms with van der Waals surface area (Å²) in [5.41, 5.74) is 5.79. The van der Waals surface area contributed by atoms with Gasteiger partial charge in [0, 0.05) is 5.69 Å². The molecule has 0 unspecified atom stereocenters. The second kappa shape index (κ2) is 5.34. The van der Waals surface area contributed by atoms with Gasteiger partial charge in [-0.25, -0.2) is 13.6 Å². The van der Waals surface area contributed by atoms with Crippen molar-refractivity contribution in [3.05, 3.63) is 54.1 Å². The molecule has 0 spiro atoms. The third-order valence-electron chi connectivity index (χ3n) is 2.37. The lowest BCUT2D eigenvalue weighted by molar-refractivity contribution is 0.262. The maximum atomic E-state index is 13.4. The van der Waals surface area contributed by atoms with Gasteiger partial charge in [-0.1, -0.05) is 12.1 Å². The number of nitrogens with one attached hydrogen (secondary N) is 2. The van der Waals surface area contributed by atoms with Gasteiger partial charge in [-0.2, -0.15) is 0 Å². The number of carbonyl (C=O) groups excluding carboxylic acids is 1. The Morgan fingerprint density at radius 3 is 2.47 bits per heavy atom. The standard InChI is InChI=1S/C13H11F2N3O/c14-8-3-1-4-9(7-8)17-13(19)18-12-10(15)5-2-6-11(12)16/h1-7H,16H2,(H2,17,18,19). The average molecular weight is 263 g/mol. The second-order valence-electron chi connectivity index (χ2n) is 3.79. The van der Waals surface area contributed by atoms with Gasteiger partial charge in [0.15, 0.2) is 0 Å². The molecule has 0 radical (unpaired) electrons. The van der Waals surface area contributed by atoms with Gasteiger partial charge < -0.3 is 16.4 Å². The fraction of sp³-hybridized carbons (Fsp3) is 0. The first-order valence-electron chi connectivity index (χ1n) is 5.44. The van der Waals surface area contributed by atoms with Gasteiger partial charge >= 0.3 is 6.03 Å².